The van der Waals surface area contributed by atoms with Gasteiger partial charge in [0.1, 0.15) is 0 Å². The maximum atomic E-state index is 2.61. The summed E-state index contributed by atoms with van der Waals surface area (Å²) in [4.78, 5) is 5.21. The molecule has 0 aromatic heterocycles. The lowest BCUT2D eigenvalue weighted by molar-refractivity contribution is 0.578. The number of rotatable bonds is 4. The quantitative estimate of drug-likeness (QED) is 0.187. The van der Waals surface area contributed by atoms with E-state index >= 15 is 0 Å². The molecule has 0 atom stereocenters. The van der Waals surface area contributed by atoms with E-state index in [1.54, 1.807) is 0 Å². The average Bonchev–Trinajstić information content (AvgIpc) is 3.14. The van der Waals surface area contributed by atoms with Crippen LogP contribution in [-0.2, 0) is 0 Å². The molecule has 2 fully saturated rings. The summed E-state index contributed by atoms with van der Waals surface area (Å²) in [5, 5.41) is 10.5. The van der Waals surface area contributed by atoms with Gasteiger partial charge in [0, 0.05) is 37.6 Å². The number of anilines is 2. The SMILES string of the molecule is c1ccc2cc(-c3c4cc(N5CCCCC5)ccc4c(-c4cccc5ccccc45)c4cc(N5CCCCC5)ccc34)ccc2c1. The fourth-order valence-electron chi connectivity index (χ4n) is 8.29. The smallest absolute Gasteiger partial charge is 0.0372 e. The normalized spacial score (nSPS) is 15.7. The zero-order valence-electron chi connectivity index (χ0n) is 26.5. The van der Waals surface area contributed by atoms with Crippen molar-refractivity contribution in [1.82, 2.24) is 0 Å². The highest BCUT2D eigenvalue weighted by atomic mass is 15.1. The minimum absolute atomic E-state index is 1.14. The number of nitrogens with zero attached hydrogens (tertiary/aromatic N) is 2. The molecule has 2 nitrogen and oxygen atoms in total. The molecule has 0 spiro atoms. The molecule has 2 saturated heterocycles. The van der Waals surface area contributed by atoms with Crippen molar-refractivity contribution < 1.29 is 0 Å². The maximum absolute atomic E-state index is 2.61. The van der Waals surface area contributed by atoms with E-state index in [4.69, 9.17) is 0 Å². The number of benzene rings is 7. The summed E-state index contributed by atoms with van der Waals surface area (Å²) in [7, 11) is 0. The molecule has 46 heavy (non-hydrogen) atoms. The Balaban J connectivity index is 1.41. The van der Waals surface area contributed by atoms with Crippen LogP contribution in [0.2, 0.25) is 0 Å². The standard InChI is InChI=1S/C44H40N2/c1-7-24-45(25-8-1)35-21-23-40-41(29-35)43(34-19-18-31-12-3-4-14-33(31)28-34)39-22-20-36(46-26-9-2-10-27-46)30-42(39)44(40)38-17-11-15-32-13-5-6-16-37(32)38/h3-6,11-23,28-30H,1-2,7-10,24-27H2. The van der Waals surface area contributed by atoms with E-state index in [0.29, 0.717) is 0 Å². The van der Waals surface area contributed by atoms with E-state index in [9.17, 15) is 0 Å². The second-order valence-corrected chi connectivity index (χ2v) is 13.4. The molecule has 0 N–H and O–H groups in total. The number of piperidine rings is 2. The molecule has 7 aromatic rings. The van der Waals surface area contributed by atoms with Gasteiger partial charge in [0.2, 0.25) is 0 Å². The molecular formula is C44H40N2. The Morgan fingerprint density at radius 3 is 1.61 bits per heavy atom. The summed E-state index contributed by atoms with van der Waals surface area (Å²) < 4.78 is 0. The van der Waals surface area contributed by atoms with Gasteiger partial charge >= 0.3 is 0 Å². The molecule has 2 heterocycles. The second kappa shape index (κ2) is 11.5. The van der Waals surface area contributed by atoms with Crippen molar-refractivity contribution in [3.05, 3.63) is 121 Å². The van der Waals surface area contributed by atoms with E-state index in [2.05, 4.69) is 131 Å². The number of hydrogen-bond acceptors (Lipinski definition) is 2. The zero-order valence-corrected chi connectivity index (χ0v) is 26.5. The lowest BCUT2D eigenvalue weighted by atomic mass is 9.84. The van der Waals surface area contributed by atoms with E-state index < -0.39 is 0 Å². The molecule has 9 rings (SSSR count). The molecule has 0 radical (unpaired) electrons. The first-order valence-electron chi connectivity index (χ1n) is 17.3. The number of hydrogen-bond donors (Lipinski definition) is 0. The summed E-state index contributed by atoms with van der Waals surface area (Å²) in [5.74, 6) is 0. The summed E-state index contributed by atoms with van der Waals surface area (Å²) in [6, 6.07) is 46.3. The maximum Gasteiger partial charge on any atom is 0.0372 e. The second-order valence-electron chi connectivity index (χ2n) is 13.4. The average molecular weight is 597 g/mol. The predicted molar refractivity (Wildman–Crippen MR) is 199 cm³/mol. The first-order valence-corrected chi connectivity index (χ1v) is 17.3. The highest BCUT2D eigenvalue weighted by Crippen LogP contribution is 2.47. The predicted octanol–water partition coefficient (Wildman–Crippen LogP) is 11.6. The lowest BCUT2D eigenvalue weighted by Crippen LogP contribution is -2.29. The van der Waals surface area contributed by atoms with Crippen LogP contribution in [0.4, 0.5) is 11.4 Å². The minimum Gasteiger partial charge on any atom is -0.372 e. The monoisotopic (exact) mass is 596 g/mol. The van der Waals surface area contributed by atoms with E-state index in [-0.39, 0.29) is 0 Å². The largest absolute Gasteiger partial charge is 0.372 e. The Labute approximate surface area is 271 Å². The van der Waals surface area contributed by atoms with Crippen LogP contribution in [0.3, 0.4) is 0 Å². The molecular weight excluding hydrogens is 556 g/mol. The molecule has 0 aliphatic carbocycles. The van der Waals surface area contributed by atoms with Crippen molar-refractivity contribution in [2.75, 3.05) is 36.0 Å². The topological polar surface area (TPSA) is 6.48 Å². The summed E-state index contributed by atoms with van der Waals surface area (Å²) in [6.07, 6.45) is 7.76. The van der Waals surface area contributed by atoms with Gasteiger partial charge in [-0.25, -0.2) is 0 Å². The van der Waals surface area contributed by atoms with E-state index in [1.165, 1.54) is 115 Å². The van der Waals surface area contributed by atoms with Gasteiger partial charge in [-0.1, -0.05) is 91.0 Å². The van der Waals surface area contributed by atoms with Crippen LogP contribution in [0.25, 0.3) is 65.3 Å². The van der Waals surface area contributed by atoms with Gasteiger partial charge in [-0.2, -0.15) is 0 Å². The Hall–Kier alpha value is -4.82. The minimum atomic E-state index is 1.14. The first kappa shape index (κ1) is 27.5. The van der Waals surface area contributed by atoms with Crippen molar-refractivity contribution in [3.63, 3.8) is 0 Å². The first-order chi connectivity index (χ1) is 22.8. The van der Waals surface area contributed by atoms with Gasteiger partial charge in [0.05, 0.1) is 0 Å². The highest BCUT2D eigenvalue weighted by Gasteiger charge is 2.22. The lowest BCUT2D eigenvalue weighted by Gasteiger charge is -2.30. The van der Waals surface area contributed by atoms with Crippen LogP contribution in [0, 0.1) is 0 Å². The van der Waals surface area contributed by atoms with Crippen LogP contribution in [0.15, 0.2) is 121 Å². The molecule has 2 aliphatic rings. The fourth-order valence-corrected chi connectivity index (χ4v) is 8.29. The molecule has 226 valence electrons. The fraction of sp³-hybridized carbons (Fsp3) is 0.227. The van der Waals surface area contributed by atoms with Crippen molar-refractivity contribution in [2.24, 2.45) is 0 Å². The zero-order chi connectivity index (χ0) is 30.5. The van der Waals surface area contributed by atoms with Crippen molar-refractivity contribution in [3.8, 4) is 22.3 Å². The Morgan fingerprint density at radius 2 is 0.913 bits per heavy atom. The van der Waals surface area contributed by atoms with Crippen LogP contribution >= 0.6 is 0 Å². The Kier molecular flexibility index (Phi) is 6.88. The van der Waals surface area contributed by atoms with Crippen LogP contribution in [-0.4, -0.2) is 26.2 Å². The van der Waals surface area contributed by atoms with Crippen LogP contribution in [0.5, 0.6) is 0 Å². The van der Waals surface area contributed by atoms with E-state index in [0.717, 1.165) is 26.2 Å². The highest BCUT2D eigenvalue weighted by molar-refractivity contribution is 6.24. The molecule has 0 unspecified atom stereocenters. The van der Waals surface area contributed by atoms with Crippen LogP contribution < -0.4 is 9.80 Å². The summed E-state index contributed by atoms with van der Waals surface area (Å²) in [6.45, 7) is 4.55. The van der Waals surface area contributed by atoms with Crippen LogP contribution in [0.1, 0.15) is 38.5 Å². The van der Waals surface area contributed by atoms with Gasteiger partial charge in [-0.3, -0.25) is 0 Å². The Morgan fingerprint density at radius 1 is 0.348 bits per heavy atom. The molecule has 0 saturated carbocycles. The third-order valence-corrected chi connectivity index (χ3v) is 10.6. The number of fused-ring (bicyclic) bond motifs is 4. The molecule has 0 amide bonds. The van der Waals surface area contributed by atoms with Gasteiger partial charge in [0.25, 0.3) is 0 Å². The van der Waals surface area contributed by atoms with Gasteiger partial charge < -0.3 is 9.80 Å². The summed E-state index contributed by atoms with van der Waals surface area (Å²) >= 11 is 0. The Bertz CT molecular complexity index is 2230. The van der Waals surface area contributed by atoms with Gasteiger partial charge in [0.15, 0.2) is 0 Å². The third-order valence-electron chi connectivity index (χ3n) is 10.6. The van der Waals surface area contributed by atoms with Crippen molar-refractivity contribution in [2.45, 2.75) is 38.5 Å². The summed E-state index contributed by atoms with van der Waals surface area (Å²) in [5.41, 5.74) is 8.02. The molecule has 7 aromatic carbocycles. The van der Waals surface area contributed by atoms with E-state index in [1.807, 2.05) is 0 Å². The molecule has 2 aliphatic heterocycles. The van der Waals surface area contributed by atoms with Crippen molar-refractivity contribution in [1.29, 1.82) is 0 Å². The van der Waals surface area contributed by atoms with Gasteiger partial charge in [-0.15, -0.1) is 0 Å². The van der Waals surface area contributed by atoms with Crippen molar-refractivity contribution >= 4 is 54.5 Å². The third kappa shape index (κ3) is 4.70. The van der Waals surface area contributed by atoms with Gasteiger partial charge in [-0.05, 0) is 134 Å². The molecule has 2 heteroatoms. The molecule has 0 bridgehead atoms.